The Morgan fingerprint density at radius 1 is 1.38 bits per heavy atom. The number of carbonyl (C=O) groups is 1. The highest BCUT2D eigenvalue weighted by Gasteiger charge is 2.31. The molecular weight excluding hydrogens is 285 g/mol. The lowest BCUT2D eigenvalue weighted by molar-refractivity contribution is -0.141. The second-order valence-electron chi connectivity index (χ2n) is 4.16. The largest absolute Gasteiger partial charge is 0.465 e. The Morgan fingerprint density at radius 2 is 2.05 bits per heavy atom. The van der Waals surface area contributed by atoms with Crippen molar-refractivity contribution in [1.29, 1.82) is 5.26 Å². The van der Waals surface area contributed by atoms with Gasteiger partial charge in [-0.1, -0.05) is 0 Å². The summed E-state index contributed by atoms with van der Waals surface area (Å²) in [5.74, 6) is -0.497. The fourth-order valence-electron chi connectivity index (χ4n) is 1.81. The highest BCUT2D eigenvalue weighted by Crippen LogP contribution is 2.32. The highest BCUT2D eigenvalue weighted by molar-refractivity contribution is 5.77. The number of nitrogens with zero attached hydrogens (tertiary/aromatic N) is 2. The van der Waals surface area contributed by atoms with Gasteiger partial charge in [-0.05, 0) is 32.0 Å². The lowest BCUT2D eigenvalue weighted by Crippen LogP contribution is -2.31. The number of rotatable bonds is 5. The molecule has 0 atom stereocenters. The van der Waals surface area contributed by atoms with Crippen LogP contribution in [0.2, 0.25) is 0 Å². The van der Waals surface area contributed by atoms with Crippen molar-refractivity contribution in [3.63, 3.8) is 0 Å². The zero-order valence-electron chi connectivity index (χ0n) is 11.7. The topological polar surface area (TPSA) is 53.3 Å². The van der Waals surface area contributed by atoms with Crippen LogP contribution in [0.5, 0.6) is 0 Å². The van der Waals surface area contributed by atoms with Crippen molar-refractivity contribution in [2.24, 2.45) is 0 Å². The fourth-order valence-corrected chi connectivity index (χ4v) is 1.81. The third-order valence-corrected chi connectivity index (χ3v) is 2.79. The van der Waals surface area contributed by atoms with Crippen LogP contribution in [-0.4, -0.2) is 25.7 Å². The first kappa shape index (κ1) is 16.8. The molecule has 1 rings (SSSR count). The van der Waals surface area contributed by atoms with E-state index in [9.17, 15) is 18.0 Å². The molecule has 0 bridgehead atoms. The van der Waals surface area contributed by atoms with Crippen molar-refractivity contribution in [1.82, 2.24) is 0 Å². The predicted molar refractivity (Wildman–Crippen MR) is 70.7 cm³/mol. The molecule has 0 spiro atoms. The third-order valence-electron chi connectivity index (χ3n) is 2.79. The van der Waals surface area contributed by atoms with Crippen LogP contribution < -0.4 is 4.90 Å². The molecular formula is C14H15F3N2O2. The van der Waals surface area contributed by atoms with Crippen LogP contribution in [0, 0.1) is 11.3 Å². The average molecular weight is 300 g/mol. The molecule has 0 aromatic heterocycles. The van der Waals surface area contributed by atoms with Gasteiger partial charge in [0, 0.05) is 6.54 Å². The molecule has 0 N–H and O–H groups in total. The SMILES string of the molecule is CCOC(=O)CN(CC)c1ccc(C(F)(F)F)cc1C#N. The van der Waals surface area contributed by atoms with Crippen LogP contribution in [0.1, 0.15) is 25.0 Å². The first-order chi connectivity index (χ1) is 9.83. The molecule has 1 aromatic carbocycles. The molecule has 0 aliphatic heterocycles. The molecule has 0 saturated heterocycles. The Hall–Kier alpha value is -2.23. The van der Waals surface area contributed by atoms with Crippen molar-refractivity contribution >= 4 is 11.7 Å². The summed E-state index contributed by atoms with van der Waals surface area (Å²) in [4.78, 5) is 13.0. The summed E-state index contributed by atoms with van der Waals surface area (Å²) < 4.78 is 42.7. The van der Waals surface area contributed by atoms with Crippen LogP contribution in [0.4, 0.5) is 18.9 Å². The summed E-state index contributed by atoms with van der Waals surface area (Å²) in [6, 6.07) is 4.61. The van der Waals surface area contributed by atoms with Crippen LogP contribution in [0.25, 0.3) is 0 Å². The maximum Gasteiger partial charge on any atom is 0.416 e. The minimum absolute atomic E-state index is 0.121. The van der Waals surface area contributed by atoms with E-state index < -0.39 is 17.7 Å². The predicted octanol–water partition coefficient (Wildman–Crippen LogP) is 2.97. The lowest BCUT2D eigenvalue weighted by atomic mass is 10.1. The van der Waals surface area contributed by atoms with Crippen molar-refractivity contribution in [3.05, 3.63) is 29.3 Å². The van der Waals surface area contributed by atoms with E-state index in [2.05, 4.69) is 0 Å². The molecule has 0 aliphatic rings. The zero-order valence-corrected chi connectivity index (χ0v) is 11.7. The molecule has 0 saturated carbocycles. The molecule has 1 aromatic rings. The van der Waals surface area contributed by atoms with E-state index in [1.165, 1.54) is 11.0 Å². The van der Waals surface area contributed by atoms with Gasteiger partial charge in [-0.2, -0.15) is 18.4 Å². The summed E-state index contributed by atoms with van der Waals surface area (Å²) in [5, 5.41) is 9.03. The molecule has 0 heterocycles. The van der Waals surface area contributed by atoms with Gasteiger partial charge in [-0.3, -0.25) is 4.79 Å². The number of hydrogen-bond acceptors (Lipinski definition) is 4. The second-order valence-corrected chi connectivity index (χ2v) is 4.16. The number of ether oxygens (including phenoxy) is 1. The normalized spacial score (nSPS) is 10.9. The standard InChI is InChI=1S/C14H15F3N2O2/c1-3-19(9-13(20)21-4-2)12-6-5-11(14(15,16)17)7-10(12)8-18/h5-7H,3-4,9H2,1-2H3. The van der Waals surface area contributed by atoms with E-state index in [1.807, 2.05) is 0 Å². The molecule has 0 aliphatic carbocycles. The van der Waals surface area contributed by atoms with Gasteiger partial charge in [0.1, 0.15) is 12.6 Å². The summed E-state index contributed by atoms with van der Waals surface area (Å²) in [6.45, 7) is 3.85. The highest BCUT2D eigenvalue weighted by atomic mass is 19.4. The maximum atomic E-state index is 12.6. The Labute approximate surface area is 120 Å². The average Bonchev–Trinajstić information content (AvgIpc) is 2.43. The molecule has 21 heavy (non-hydrogen) atoms. The molecule has 0 unspecified atom stereocenters. The Balaban J connectivity index is 3.11. The first-order valence-electron chi connectivity index (χ1n) is 6.35. The van der Waals surface area contributed by atoms with E-state index in [4.69, 9.17) is 10.00 Å². The van der Waals surface area contributed by atoms with Gasteiger partial charge in [0.05, 0.1) is 23.4 Å². The van der Waals surface area contributed by atoms with Crippen molar-refractivity contribution in [2.75, 3.05) is 24.6 Å². The minimum atomic E-state index is -4.51. The molecule has 0 fully saturated rings. The lowest BCUT2D eigenvalue weighted by Gasteiger charge is -2.23. The van der Waals surface area contributed by atoms with Gasteiger partial charge in [-0.15, -0.1) is 0 Å². The number of likely N-dealkylation sites (N-methyl/N-ethyl adjacent to an activating group) is 1. The third kappa shape index (κ3) is 4.38. The van der Waals surface area contributed by atoms with Gasteiger partial charge in [0.2, 0.25) is 0 Å². The zero-order chi connectivity index (χ0) is 16.0. The van der Waals surface area contributed by atoms with E-state index >= 15 is 0 Å². The molecule has 7 heteroatoms. The van der Waals surface area contributed by atoms with Crippen molar-refractivity contribution < 1.29 is 22.7 Å². The summed E-state index contributed by atoms with van der Waals surface area (Å²) in [5.41, 5.74) is -0.744. The van der Waals surface area contributed by atoms with E-state index in [0.717, 1.165) is 12.1 Å². The molecule has 0 amide bonds. The smallest absolute Gasteiger partial charge is 0.416 e. The number of alkyl halides is 3. The summed E-state index contributed by atoms with van der Waals surface area (Å²) in [7, 11) is 0. The Bertz CT molecular complexity index is 550. The van der Waals surface area contributed by atoms with Gasteiger partial charge >= 0.3 is 12.1 Å². The van der Waals surface area contributed by atoms with Crippen LogP contribution in [0.15, 0.2) is 18.2 Å². The molecule has 4 nitrogen and oxygen atoms in total. The number of esters is 1. The first-order valence-corrected chi connectivity index (χ1v) is 6.35. The number of hydrogen-bond donors (Lipinski definition) is 0. The van der Waals surface area contributed by atoms with Crippen molar-refractivity contribution in [2.45, 2.75) is 20.0 Å². The van der Waals surface area contributed by atoms with E-state index in [0.29, 0.717) is 6.54 Å². The van der Waals surface area contributed by atoms with E-state index in [-0.39, 0.29) is 24.4 Å². The fraction of sp³-hybridized carbons (Fsp3) is 0.429. The number of nitriles is 1. The van der Waals surface area contributed by atoms with E-state index in [1.54, 1.807) is 19.9 Å². The van der Waals surface area contributed by atoms with Gasteiger partial charge in [0.25, 0.3) is 0 Å². The van der Waals surface area contributed by atoms with Crippen LogP contribution in [0.3, 0.4) is 0 Å². The number of carbonyl (C=O) groups excluding carboxylic acids is 1. The van der Waals surface area contributed by atoms with Gasteiger partial charge < -0.3 is 9.64 Å². The quantitative estimate of drug-likeness (QED) is 0.785. The van der Waals surface area contributed by atoms with Crippen molar-refractivity contribution in [3.8, 4) is 6.07 Å². The second kappa shape index (κ2) is 6.97. The molecule has 0 radical (unpaired) electrons. The van der Waals surface area contributed by atoms with Crippen LogP contribution >= 0.6 is 0 Å². The molecule has 114 valence electrons. The maximum absolute atomic E-state index is 12.6. The monoisotopic (exact) mass is 300 g/mol. The number of benzene rings is 1. The van der Waals surface area contributed by atoms with Gasteiger partial charge in [-0.25, -0.2) is 0 Å². The number of anilines is 1. The summed E-state index contributed by atoms with van der Waals surface area (Å²) in [6.07, 6.45) is -4.51. The summed E-state index contributed by atoms with van der Waals surface area (Å²) >= 11 is 0. The Morgan fingerprint density at radius 3 is 2.52 bits per heavy atom. The number of halogens is 3. The van der Waals surface area contributed by atoms with Crippen LogP contribution in [-0.2, 0) is 15.7 Å². The van der Waals surface area contributed by atoms with Gasteiger partial charge in [0.15, 0.2) is 0 Å². The Kier molecular flexibility index (Phi) is 5.59. The minimum Gasteiger partial charge on any atom is -0.465 e.